The Balaban J connectivity index is 2.63. The molecule has 1 aromatic rings. The van der Waals surface area contributed by atoms with Crippen molar-refractivity contribution in [1.82, 2.24) is 4.98 Å². The molecule has 0 aliphatic heterocycles. The summed E-state index contributed by atoms with van der Waals surface area (Å²) in [4.78, 5) is 4.74. The Morgan fingerprint density at radius 2 is 2.17 bits per heavy atom. The Bertz CT molecular complexity index is 207. The molecule has 0 saturated heterocycles. The second-order valence-electron chi connectivity index (χ2n) is 2.70. The van der Waals surface area contributed by atoms with E-state index in [9.17, 15) is 0 Å². The van der Waals surface area contributed by atoms with E-state index >= 15 is 0 Å². The van der Waals surface area contributed by atoms with Crippen LogP contribution in [-0.4, -0.2) is 41.5 Å². The van der Waals surface area contributed by atoms with Crippen LogP contribution in [0.3, 0.4) is 0 Å². The van der Waals surface area contributed by atoms with Crippen LogP contribution in [0.25, 0.3) is 0 Å². The average Bonchev–Trinajstić information content (AvgIpc) is 2.58. The third kappa shape index (κ3) is 1.78. The second kappa shape index (κ2) is 4.13. The molecule has 4 nitrogen and oxygen atoms in total. The molecule has 0 saturated carbocycles. The summed E-state index contributed by atoms with van der Waals surface area (Å²) in [6, 6.07) is 1.67. The number of hydrogen-bond donors (Lipinski definition) is 3. The number of rotatable bonds is 4. The predicted octanol–water partition coefficient (Wildman–Crippen LogP) is -0.196. The van der Waals surface area contributed by atoms with Gasteiger partial charge in [0.1, 0.15) is 0 Å². The normalized spacial score (nSPS) is 10.7. The monoisotopic (exact) mass is 170 g/mol. The molecule has 12 heavy (non-hydrogen) atoms. The molecule has 0 aliphatic carbocycles. The number of hydrogen-bond acceptors (Lipinski definition) is 3. The number of aromatic amines is 1. The van der Waals surface area contributed by atoms with Crippen molar-refractivity contribution in [3.8, 4) is 0 Å². The van der Waals surface area contributed by atoms with Gasteiger partial charge in [-0.15, -0.1) is 0 Å². The molecule has 0 radical (unpaired) electrons. The van der Waals surface area contributed by atoms with E-state index in [1.165, 1.54) is 0 Å². The van der Waals surface area contributed by atoms with Gasteiger partial charge in [-0.05, 0) is 6.07 Å². The molecule has 0 atom stereocenters. The van der Waals surface area contributed by atoms with Gasteiger partial charge in [-0.2, -0.15) is 0 Å². The third-order valence-electron chi connectivity index (χ3n) is 1.96. The van der Waals surface area contributed by atoms with E-state index < -0.39 is 0 Å². The molecule has 4 heteroatoms. The van der Waals surface area contributed by atoms with Gasteiger partial charge >= 0.3 is 0 Å². The van der Waals surface area contributed by atoms with E-state index in [2.05, 4.69) is 4.98 Å². The molecule has 68 valence electrons. The Kier molecular flexibility index (Phi) is 3.13. The third-order valence-corrected chi connectivity index (χ3v) is 1.96. The van der Waals surface area contributed by atoms with Gasteiger partial charge in [0.25, 0.3) is 0 Å². The fourth-order valence-corrected chi connectivity index (χ4v) is 1.05. The van der Waals surface area contributed by atoms with Crippen molar-refractivity contribution in [2.75, 3.05) is 25.2 Å². The zero-order valence-corrected chi connectivity index (χ0v) is 7.07. The number of aliphatic hydroxyl groups is 2. The van der Waals surface area contributed by atoms with E-state index in [0.29, 0.717) is 0 Å². The molecule has 1 heterocycles. The molecular formula is C8H14N2O2. The van der Waals surface area contributed by atoms with Crippen LogP contribution < -0.4 is 4.90 Å². The van der Waals surface area contributed by atoms with Crippen molar-refractivity contribution >= 4 is 5.69 Å². The van der Waals surface area contributed by atoms with Crippen LogP contribution in [-0.2, 0) is 0 Å². The van der Waals surface area contributed by atoms with Crippen LogP contribution in [0.5, 0.6) is 0 Å². The van der Waals surface area contributed by atoms with Crippen molar-refractivity contribution in [3.63, 3.8) is 0 Å². The van der Waals surface area contributed by atoms with E-state index in [1.807, 2.05) is 24.2 Å². The maximum absolute atomic E-state index is 8.88. The van der Waals surface area contributed by atoms with Crippen LogP contribution in [0.1, 0.15) is 0 Å². The van der Waals surface area contributed by atoms with Crippen molar-refractivity contribution in [2.45, 2.75) is 6.04 Å². The van der Waals surface area contributed by atoms with Crippen LogP contribution in [0.2, 0.25) is 0 Å². The predicted molar refractivity (Wildman–Crippen MR) is 47.2 cm³/mol. The van der Waals surface area contributed by atoms with Crippen LogP contribution >= 0.6 is 0 Å². The minimum absolute atomic E-state index is 0.0435. The summed E-state index contributed by atoms with van der Waals surface area (Å²) in [5, 5.41) is 17.8. The summed E-state index contributed by atoms with van der Waals surface area (Å²) < 4.78 is 0. The first-order chi connectivity index (χ1) is 5.79. The molecule has 3 N–H and O–H groups in total. The molecule has 0 spiro atoms. The van der Waals surface area contributed by atoms with E-state index in [1.54, 1.807) is 6.20 Å². The Morgan fingerprint density at radius 1 is 1.50 bits per heavy atom. The minimum Gasteiger partial charge on any atom is -0.394 e. The summed E-state index contributed by atoms with van der Waals surface area (Å²) in [7, 11) is 1.83. The van der Waals surface area contributed by atoms with E-state index in [0.717, 1.165) is 5.69 Å². The first-order valence-electron chi connectivity index (χ1n) is 3.87. The highest BCUT2D eigenvalue weighted by molar-refractivity contribution is 5.44. The SMILES string of the molecule is CN(c1cc[nH]c1)C(CO)CO. The lowest BCUT2D eigenvalue weighted by molar-refractivity contribution is 0.191. The lowest BCUT2D eigenvalue weighted by Gasteiger charge is -2.25. The first-order valence-corrected chi connectivity index (χ1v) is 3.87. The molecule has 1 rings (SSSR count). The number of nitrogens with one attached hydrogen (secondary N) is 1. The second-order valence-corrected chi connectivity index (χ2v) is 2.70. The highest BCUT2D eigenvalue weighted by Crippen LogP contribution is 2.12. The van der Waals surface area contributed by atoms with Gasteiger partial charge in [0, 0.05) is 19.4 Å². The van der Waals surface area contributed by atoms with E-state index in [4.69, 9.17) is 10.2 Å². The molecule has 0 bridgehead atoms. The van der Waals surface area contributed by atoms with Crippen molar-refractivity contribution in [2.24, 2.45) is 0 Å². The summed E-state index contributed by atoms with van der Waals surface area (Å²) in [5.74, 6) is 0. The highest BCUT2D eigenvalue weighted by Gasteiger charge is 2.12. The minimum atomic E-state index is -0.221. The van der Waals surface area contributed by atoms with Gasteiger partial charge in [0.2, 0.25) is 0 Å². The standard InChI is InChI=1S/C8H14N2O2/c1-10(8(5-11)6-12)7-2-3-9-4-7/h2-4,8-9,11-12H,5-6H2,1H3. The Morgan fingerprint density at radius 3 is 2.58 bits per heavy atom. The van der Waals surface area contributed by atoms with Crippen molar-refractivity contribution in [3.05, 3.63) is 18.5 Å². The maximum Gasteiger partial charge on any atom is 0.0749 e. The van der Waals surface area contributed by atoms with E-state index in [-0.39, 0.29) is 19.3 Å². The smallest absolute Gasteiger partial charge is 0.0749 e. The zero-order valence-electron chi connectivity index (χ0n) is 7.07. The quantitative estimate of drug-likeness (QED) is 0.586. The fourth-order valence-electron chi connectivity index (χ4n) is 1.05. The lowest BCUT2D eigenvalue weighted by Crippen LogP contribution is -2.37. The van der Waals surface area contributed by atoms with Crippen LogP contribution in [0.4, 0.5) is 5.69 Å². The van der Waals surface area contributed by atoms with Gasteiger partial charge in [-0.25, -0.2) is 0 Å². The zero-order chi connectivity index (χ0) is 8.97. The number of aromatic nitrogens is 1. The molecule has 0 fully saturated rings. The summed E-state index contributed by atoms with van der Waals surface area (Å²) in [5.41, 5.74) is 0.961. The number of anilines is 1. The lowest BCUT2D eigenvalue weighted by atomic mass is 10.3. The Labute approximate surface area is 71.4 Å². The van der Waals surface area contributed by atoms with Gasteiger partial charge in [0.05, 0.1) is 24.9 Å². The number of H-pyrrole nitrogens is 1. The number of aliphatic hydroxyl groups excluding tert-OH is 2. The Hall–Kier alpha value is -1.00. The van der Waals surface area contributed by atoms with Crippen molar-refractivity contribution in [1.29, 1.82) is 0 Å². The summed E-state index contributed by atoms with van der Waals surface area (Å²) >= 11 is 0. The largest absolute Gasteiger partial charge is 0.394 e. The molecule has 1 aromatic heterocycles. The molecular weight excluding hydrogens is 156 g/mol. The molecule has 0 aliphatic rings. The number of likely N-dealkylation sites (N-methyl/N-ethyl adjacent to an activating group) is 1. The van der Waals surface area contributed by atoms with Crippen molar-refractivity contribution < 1.29 is 10.2 Å². The van der Waals surface area contributed by atoms with Crippen LogP contribution in [0, 0.1) is 0 Å². The van der Waals surface area contributed by atoms with Gasteiger partial charge in [0.15, 0.2) is 0 Å². The molecule has 0 aromatic carbocycles. The first kappa shape index (κ1) is 9.09. The van der Waals surface area contributed by atoms with Crippen LogP contribution in [0.15, 0.2) is 18.5 Å². The number of nitrogens with zero attached hydrogens (tertiary/aromatic N) is 1. The fraction of sp³-hybridized carbons (Fsp3) is 0.500. The molecule has 0 amide bonds. The molecule has 0 unspecified atom stereocenters. The maximum atomic E-state index is 8.88. The van der Waals surface area contributed by atoms with Gasteiger partial charge in [-0.1, -0.05) is 0 Å². The van der Waals surface area contributed by atoms with Gasteiger partial charge in [-0.3, -0.25) is 0 Å². The average molecular weight is 170 g/mol. The highest BCUT2D eigenvalue weighted by atomic mass is 16.3. The van der Waals surface area contributed by atoms with Gasteiger partial charge < -0.3 is 20.1 Å². The topological polar surface area (TPSA) is 59.5 Å². The summed E-state index contributed by atoms with van der Waals surface area (Å²) in [6.45, 7) is -0.0869. The summed E-state index contributed by atoms with van der Waals surface area (Å²) in [6.07, 6.45) is 3.62.